The van der Waals surface area contributed by atoms with Crippen molar-refractivity contribution in [2.75, 3.05) is 30.3 Å². The van der Waals surface area contributed by atoms with Crippen LogP contribution in [0.2, 0.25) is 0 Å². The van der Waals surface area contributed by atoms with Gasteiger partial charge in [0, 0.05) is 24.0 Å². The van der Waals surface area contributed by atoms with Crippen LogP contribution in [-0.4, -0.2) is 57.1 Å². The number of hydrogen-bond acceptors (Lipinski definition) is 5. The highest BCUT2D eigenvalue weighted by Crippen LogP contribution is 2.23. The lowest BCUT2D eigenvalue weighted by molar-refractivity contribution is -0.140. The van der Waals surface area contributed by atoms with Gasteiger partial charge in [0.2, 0.25) is 21.8 Å². The molecule has 0 heterocycles. The van der Waals surface area contributed by atoms with E-state index < -0.39 is 28.5 Å². The van der Waals surface area contributed by atoms with Crippen molar-refractivity contribution in [1.29, 1.82) is 0 Å². The zero-order valence-electron chi connectivity index (χ0n) is 23.8. The van der Waals surface area contributed by atoms with Gasteiger partial charge in [0.25, 0.3) is 0 Å². The molecule has 0 aliphatic carbocycles. The minimum Gasteiger partial charge on any atom is -0.494 e. The number of unbranched alkanes of at least 4 members (excludes halogenated alkanes) is 1. The summed E-state index contributed by atoms with van der Waals surface area (Å²) in [6.45, 7) is 4.52. The van der Waals surface area contributed by atoms with E-state index in [9.17, 15) is 18.0 Å². The van der Waals surface area contributed by atoms with Gasteiger partial charge in [-0.3, -0.25) is 13.9 Å². The Morgan fingerprint density at radius 1 is 0.951 bits per heavy atom. The zero-order valence-corrected chi connectivity index (χ0v) is 26.2. The van der Waals surface area contributed by atoms with Crippen LogP contribution in [0.5, 0.6) is 5.75 Å². The molecule has 0 bridgehead atoms. The number of amides is 2. The van der Waals surface area contributed by atoms with Crippen molar-refractivity contribution in [3.63, 3.8) is 0 Å². The first-order valence-corrected chi connectivity index (χ1v) is 16.3. The Hall–Kier alpha value is -3.37. The normalized spacial score (nSPS) is 11.9. The minimum absolute atomic E-state index is 0.123. The quantitative estimate of drug-likeness (QED) is 0.231. The maximum absolute atomic E-state index is 14.1. The number of halogens is 1. The summed E-state index contributed by atoms with van der Waals surface area (Å²) >= 11 is 3.48. The van der Waals surface area contributed by atoms with Gasteiger partial charge in [0.1, 0.15) is 18.3 Å². The molecule has 0 aliphatic heterocycles. The molecule has 8 nitrogen and oxygen atoms in total. The first kappa shape index (κ1) is 32.1. The number of nitrogens with zero attached hydrogens (tertiary/aromatic N) is 2. The van der Waals surface area contributed by atoms with Crippen LogP contribution >= 0.6 is 15.9 Å². The zero-order chi connectivity index (χ0) is 29.8. The molecule has 2 amide bonds. The Bertz CT molecular complexity index is 1380. The molecule has 0 aliphatic rings. The Morgan fingerprint density at radius 3 is 2.24 bits per heavy atom. The lowest BCUT2D eigenvalue weighted by Crippen LogP contribution is -2.53. The van der Waals surface area contributed by atoms with Crippen LogP contribution in [0.4, 0.5) is 5.69 Å². The van der Waals surface area contributed by atoms with Crippen LogP contribution in [0, 0.1) is 0 Å². The summed E-state index contributed by atoms with van der Waals surface area (Å²) in [5.41, 5.74) is 2.03. The molecule has 10 heteroatoms. The van der Waals surface area contributed by atoms with Crippen molar-refractivity contribution >= 4 is 43.5 Å². The number of hydrogen-bond donors (Lipinski definition) is 1. The van der Waals surface area contributed by atoms with Crippen LogP contribution < -0.4 is 14.4 Å². The molecule has 3 rings (SSSR count). The third kappa shape index (κ3) is 9.89. The number of sulfonamides is 1. The molecular formula is C31H38BrN3O5S. The van der Waals surface area contributed by atoms with Gasteiger partial charge in [-0.1, -0.05) is 71.7 Å². The molecule has 3 aromatic rings. The van der Waals surface area contributed by atoms with Gasteiger partial charge < -0.3 is 15.0 Å². The van der Waals surface area contributed by atoms with Crippen molar-refractivity contribution < 1.29 is 22.7 Å². The fraction of sp³-hybridized carbons (Fsp3) is 0.355. The van der Waals surface area contributed by atoms with Gasteiger partial charge >= 0.3 is 0 Å². The Labute approximate surface area is 251 Å². The summed E-state index contributed by atoms with van der Waals surface area (Å²) < 4.78 is 33.2. The molecular weight excluding hydrogens is 606 g/mol. The van der Waals surface area contributed by atoms with Crippen molar-refractivity contribution in [2.24, 2.45) is 0 Å². The molecule has 1 N–H and O–H groups in total. The van der Waals surface area contributed by atoms with Crippen molar-refractivity contribution in [3.05, 3.63) is 94.5 Å². The van der Waals surface area contributed by atoms with Gasteiger partial charge in [0.15, 0.2) is 0 Å². The van der Waals surface area contributed by atoms with Crippen LogP contribution in [0.1, 0.15) is 37.8 Å². The number of anilines is 1. The summed E-state index contributed by atoms with van der Waals surface area (Å²) in [7, 11) is -3.84. The largest absolute Gasteiger partial charge is 0.494 e. The fourth-order valence-electron chi connectivity index (χ4n) is 4.38. The smallest absolute Gasteiger partial charge is 0.244 e. The van der Waals surface area contributed by atoms with E-state index >= 15 is 0 Å². The van der Waals surface area contributed by atoms with E-state index in [0.29, 0.717) is 24.6 Å². The van der Waals surface area contributed by atoms with Gasteiger partial charge in [-0.2, -0.15) is 0 Å². The standard InChI is InChI=1S/C31H38BrN3O5S/c1-4-6-19-33-31(37)29(21-24-11-8-7-9-12-24)34(22-25-13-10-14-26(32)20-25)30(36)23-35(41(3,38)39)27-15-17-28(18-16-27)40-5-2/h7-18,20,29H,4-6,19,21-23H2,1-3H3,(H,33,37). The molecule has 0 radical (unpaired) electrons. The summed E-state index contributed by atoms with van der Waals surface area (Å²) in [5.74, 6) is -0.174. The number of nitrogens with one attached hydrogen (secondary N) is 1. The highest BCUT2D eigenvalue weighted by atomic mass is 79.9. The van der Waals surface area contributed by atoms with E-state index in [1.807, 2.05) is 68.4 Å². The van der Waals surface area contributed by atoms with Gasteiger partial charge in [-0.05, 0) is 60.9 Å². The third-order valence-corrected chi connectivity index (χ3v) is 8.09. The van der Waals surface area contributed by atoms with E-state index in [4.69, 9.17) is 4.74 Å². The Morgan fingerprint density at radius 2 is 1.63 bits per heavy atom. The lowest BCUT2D eigenvalue weighted by Gasteiger charge is -2.33. The molecule has 0 aromatic heterocycles. The van der Waals surface area contributed by atoms with E-state index in [2.05, 4.69) is 21.2 Å². The van der Waals surface area contributed by atoms with Crippen molar-refractivity contribution in [2.45, 2.75) is 45.7 Å². The summed E-state index contributed by atoms with van der Waals surface area (Å²) in [4.78, 5) is 29.2. The monoisotopic (exact) mass is 643 g/mol. The summed E-state index contributed by atoms with van der Waals surface area (Å²) in [5, 5.41) is 2.98. The van der Waals surface area contributed by atoms with E-state index in [-0.39, 0.29) is 18.9 Å². The number of rotatable bonds is 15. The summed E-state index contributed by atoms with van der Waals surface area (Å²) in [6, 6.07) is 22.7. The number of carbonyl (C=O) groups excluding carboxylic acids is 2. The second-order valence-corrected chi connectivity index (χ2v) is 12.5. The molecule has 220 valence electrons. The predicted octanol–water partition coefficient (Wildman–Crippen LogP) is 5.17. The fourth-order valence-corrected chi connectivity index (χ4v) is 5.68. The van der Waals surface area contributed by atoms with E-state index in [1.165, 1.54) is 4.90 Å². The van der Waals surface area contributed by atoms with Crippen molar-refractivity contribution in [3.8, 4) is 5.75 Å². The highest BCUT2D eigenvalue weighted by Gasteiger charge is 2.33. The van der Waals surface area contributed by atoms with Gasteiger partial charge in [0.05, 0.1) is 18.6 Å². The molecule has 0 saturated carbocycles. The second kappa shape index (κ2) is 15.6. The van der Waals surface area contributed by atoms with Gasteiger partial charge in [-0.25, -0.2) is 8.42 Å². The summed E-state index contributed by atoms with van der Waals surface area (Å²) in [6.07, 6.45) is 3.06. The number of ether oxygens (including phenoxy) is 1. The molecule has 0 spiro atoms. The topological polar surface area (TPSA) is 96.0 Å². The van der Waals surface area contributed by atoms with Crippen LogP contribution in [0.15, 0.2) is 83.3 Å². The van der Waals surface area contributed by atoms with Crippen LogP contribution in [0.3, 0.4) is 0 Å². The minimum atomic E-state index is -3.84. The number of benzene rings is 3. The van der Waals surface area contributed by atoms with Gasteiger partial charge in [-0.15, -0.1) is 0 Å². The van der Waals surface area contributed by atoms with E-state index in [1.54, 1.807) is 24.3 Å². The first-order valence-electron chi connectivity index (χ1n) is 13.7. The average molecular weight is 645 g/mol. The van der Waals surface area contributed by atoms with Crippen LogP contribution in [0.25, 0.3) is 0 Å². The van der Waals surface area contributed by atoms with E-state index in [0.717, 1.165) is 39.0 Å². The molecule has 1 unspecified atom stereocenters. The predicted molar refractivity (Wildman–Crippen MR) is 166 cm³/mol. The lowest BCUT2D eigenvalue weighted by atomic mass is 10.0. The SMILES string of the molecule is CCCCNC(=O)C(Cc1ccccc1)N(Cc1cccc(Br)c1)C(=O)CN(c1ccc(OCC)cc1)S(C)(=O)=O. The Kier molecular flexibility index (Phi) is 12.2. The van der Waals surface area contributed by atoms with Crippen molar-refractivity contribution in [1.82, 2.24) is 10.2 Å². The highest BCUT2D eigenvalue weighted by molar-refractivity contribution is 9.10. The molecule has 0 fully saturated rings. The molecule has 0 saturated heterocycles. The molecule has 1 atom stereocenters. The van der Waals surface area contributed by atoms with Crippen LogP contribution in [-0.2, 0) is 32.6 Å². The molecule has 41 heavy (non-hydrogen) atoms. The third-order valence-electron chi connectivity index (χ3n) is 6.46. The maximum atomic E-state index is 14.1. The Balaban J connectivity index is 2.01. The maximum Gasteiger partial charge on any atom is 0.244 e. The second-order valence-electron chi connectivity index (χ2n) is 9.70. The first-order chi connectivity index (χ1) is 19.6. The molecule has 3 aromatic carbocycles. The average Bonchev–Trinajstić information content (AvgIpc) is 2.94. The number of carbonyl (C=O) groups is 2.